The molecule has 0 saturated carbocycles. The Kier molecular flexibility index (Phi) is 4.11. The zero-order valence-electron chi connectivity index (χ0n) is 13.8. The van der Waals surface area contributed by atoms with Crippen molar-refractivity contribution in [2.75, 3.05) is 14.2 Å². The van der Waals surface area contributed by atoms with Crippen molar-refractivity contribution >= 4 is 17.0 Å². The van der Waals surface area contributed by atoms with Crippen molar-refractivity contribution in [2.45, 2.75) is 13.8 Å². The van der Waals surface area contributed by atoms with Crippen LogP contribution < -0.4 is 9.47 Å². The predicted molar refractivity (Wildman–Crippen MR) is 94.2 cm³/mol. The minimum Gasteiger partial charge on any atom is -0.493 e. The summed E-state index contributed by atoms with van der Waals surface area (Å²) < 4.78 is 16.8. The summed E-state index contributed by atoms with van der Waals surface area (Å²) >= 11 is 0. The molecular formula is C20H20O3. The van der Waals surface area contributed by atoms with E-state index in [1.54, 1.807) is 14.2 Å². The van der Waals surface area contributed by atoms with Crippen LogP contribution in [0.2, 0.25) is 0 Å². The second-order valence-corrected chi connectivity index (χ2v) is 5.38. The van der Waals surface area contributed by atoms with E-state index in [-0.39, 0.29) is 0 Å². The number of benzene rings is 2. The number of ether oxygens (including phenoxy) is 2. The molecule has 0 bridgehead atoms. The number of rotatable bonds is 4. The van der Waals surface area contributed by atoms with Crippen LogP contribution in [0.3, 0.4) is 0 Å². The Balaban J connectivity index is 2.15. The fourth-order valence-electron chi connectivity index (χ4n) is 2.79. The Labute approximate surface area is 136 Å². The lowest BCUT2D eigenvalue weighted by Crippen LogP contribution is -1.90. The van der Waals surface area contributed by atoms with Gasteiger partial charge in [0, 0.05) is 16.5 Å². The molecule has 0 amide bonds. The number of fused-ring (bicyclic) bond motifs is 1. The smallest absolute Gasteiger partial charge is 0.161 e. The van der Waals surface area contributed by atoms with Crippen molar-refractivity contribution in [3.63, 3.8) is 0 Å². The minimum absolute atomic E-state index is 0.694. The molecule has 3 nitrogen and oxygen atoms in total. The number of hydrogen-bond donors (Lipinski definition) is 0. The Hall–Kier alpha value is -2.68. The molecule has 0 aliphatic rings. The molecule has 0 radical (unpaired) electrons. The SMILES string of the molecule is C/C=C/c1ccc2oc(-c3ccc(OC)c(OC)c3)c(C)c2c1. The van der Waals surface area contributed by atoms with E-state index in [4.69, 9.17) is 13.9 Å². The van der Waals surface area contributed by atoms with Crippen molar-refractivity contribution in [1.29, 1.82) is 0 Å². The van der Waals surface area contributed by atoms with Gasteiger partial charge in [-0.3, -0.25) is 0 Å². The Morgan fingerprint density at radius 3 is 2.43 bits per heavy atom. The number of hydrogen-bond acceptors (Lipinski definition) is 3. The maximum Gasteiger partial charge on any atom is 0.161 e. The van der Waals surface area contributed by atoms with Crippen LogP contribution in [0.4, 0.5) is 0 Å². The summed E-state index contributed by atoms with van der Waals surface area (Å²) in [7, 11) is 3.27. The van der Waals surface area contributed by atoms with Crippen LogP contribution in [-0.2, 0) is 0 Å². The van der Waals surface area contributed by atoms with Gasteiger partial charge in [0.15, 0.2) is 11.5 Å². The average molecular weight is 308 g/mol. The third-order valence-electron chi connectivity index (χ3n) is 3.97. The third-order valence-corrected chi connectivity index (χ3v) is 3.97. The highest BCUT2D eigenvalue weighted by Crippen LogP contribution is 2.37. The van der Waals surface area contributed by atoms with E-state index in [0.717, 1.165) is 27.9 Å². The van der Waals surface area contributed by atoms with Crippen molar-refractivity contribution in [1.82, 2.24) is 0 Å². The number of allylic oxidation sites excluding steroid dienone is 1. The quantitative estimate of drug-likeness (QED) is 0.641. The Morgan fingerprint density at radius 2 is 1.74 bits per heavy atom. The summed E-state index contributed by atoms with van der Waals surface area (Å²) in [6.45, 7) is 4.10. The lowest BCUT2D eigenvalue weighted by Gasteiger charge is -2.08. The summed E-state index contributed by atoms with van der Waals surface area (Å²) in [5, 5.41) is 1.13. The maximum atomic E-state index is 6.07. The fraction of sp³-hybridized carbons (Fsp3) is 0.200. The summed E-state index contributed by atoms with van der Waals surface area (Å²) in [5.41, 5.74) is 4.16. The molecule has 1 heterocycles. The van der Waals surface area contributed by atoms with E-state index in [9.17, 15) is 0 Å². The van der Waals surface area contributed by atoms with Gasteiger partial charge in [-0.2, -0.15) is 0 Å². The van der Waals surface area contributed by atoms with E-state index in [0.29, 0.717) is 11.5 Å². The van der Waals surface area contributed by atoms with Gasteiger partial charge in [-0.25, -0.2) is 0 Å². The van der Waals surface area contributed by atoms with E-state index in [1.807, 2.05) is 37.3 Å². The summed E-state index contributed by atoms with van der Waals surface area (Å²) in [5.74, 6) is 2.26. The normalized spacial score (nSPS) is 11.3. The van der Waals surface area contributed by atoms with Gasteiger partial charge < -0.3 is 13.9 Å². The lowest BCUT2D eigenvalue weighted by molar-refractivity contribution is 0.355. The van der Waals surface area contributed by atoms with Crippen molar-refractivity contribution in [3.8, 4) is 22.8 Å². The first-order chi connectivity index (χ1) is 11.2. The zero-order valence-corrected chi connectivity index (χ0v) is 13.8. The molecule has 0 aliphatic heterocycles. The first-order valence-corrected chi connectivity index (χ1v) is 7.56. The minimum atomic E-state index is 0.694. The van der Waals surface area contributed by atoms with Gasteiger partial charge in [0.1, 0.15) is 11.3 Å². The van der Waals surface area contributed by atoms with Crippen molar-refractivity contribution in [3.05, 3.63) is 53.6 Å². The zero-order chi connectivity index (χ0) is 16.4. The molecule has 0 aliphatic carbocycles. The van der Waals surface area contributed by atoms with Crippen LogP contribution in [0, 0.1) is 6.92 Å². The molecule has 3 rings (SSSR count). The Morgan fingerprint density at radius 1 is 0.957 bits per heavy atom. The highest BCUT2D eigenvalue weighted by atomic mass is 16.5. The van der Waals surface area contributed by atoms with Gasteiger partial charge in [0.05, 0.1) is 14.2 Å². The maximum absolute atomic E-state index is 6.07. The van der Waals surface area contributed by atoms with Crippen molar-refractivity contribution < 1.29 is 13.9 Å². The van der Waals surface area contributed by atoms with Gasteiger partial charge >= 0.3 is 0 Å². The molecule has 2 aromatic carbocycles. The van der Waals surface area contributed by atoms with Crippen LogP contribution in [0.5, 0.6) is 11.5 Å². The molecule has 23 heavy (non-hydrogen) atoms. The van der Waals surface area contributed by atoms with Gasteiger partial charge in [-0.1, -0.05) is 18.2 Å². The van der Waals surface area contributed by atoms with Crippen LogP contribution >= 0.6 is 0 Å². The van der Waals surface area contributed by atoms with Crippen LogP contribution in [-0.4, -0.2) is 14.2 Å². The van der Waals surface area contributed by atoms with Gasteiger partial charge in [-0.15, -0.1) is 0 Å². The molecular weight excluding hydrogens is 288 g/mol. The highest BCUT2D eigenvalue weighted by molar-refractivity contribution is 5.89. The molecule has 118 valence electrons. The van der Waals surface area contributed by atoms with Crippen molar-refractivity contribution in [2.24, 2.45) is 0 Å². The topological polar surface area (TPSA) is 31.6 Å². The number of methoxy groups -OCH3 is 2. The summed E-state index contributed by atoms with van der Waals surface area (Å²) in [4.78, 5) is 0. The highest BCUT2D eigenvalue weighted by Gasteiger charge is 2.15. The van der Waals surface area contributed by atoms with Crippen LogP contribution in [0.15, 0.2) is 46.9 Å². The standard InChI is InChI=1S/C20H20O3/c1-5-6-14-7-9-17-16(11-14)13(2)20(23-17)15-8-10-18(21-3)19(12-15)22-4/h5-12H,1-4H3/b6-5+. The van der Waals surface area contributed by atoms with E-state index in [1.165, 1.54) is 5.56 Å². The lowest BCUT2D eigenvalue weighted by atomic mass is 10.0. The first-order valence-electron chi connectivity index (χ1n) is 7.56. The average Bonchev–Trinajstić information content (AvgIpc) is 2.91. The summed E-state index contributed by atoms with van der Waals surface area (Å²) in [6.07, 6.45) is 4.12. The number of aryl methyl sites for hydroxylation is 1. The Bertz CT molecular complexity index is 872. The third kappa shape index (κ3) is 2.70. The second-order valence-electron chi connectivity index (χ2n) is 5.38. The molecule has 0 unspecified atom stereocenters. The first kappa shape index (κ1) is 15.2. The van der Waals surface area contributed by atoms with Crippen LogP contribution in [0.1, 0.15) is 18.1 Å². The van der Waals surface area contributed by atoms with E-state index in [2.05, 4.69) is 25.1 Å². The predicted octanol–water partition coefficient (Wildman–Crippen LogP) is 5.46. The molecule has 0 saturated heterocycles. The molecule has 0 atom stereocenters. The van der Waals surface area contributed by atoms with Gasteiger partial charge in [-0.05, 0) is 49.7 Å². The largest absolute Gasteiger partial charge is 0.493 e. The molecule has 1 aromatic heterocycles. The van der Waals surface area contributed by atoms with E-state index >= 15 is 0 Å². The monoisotopic (exact) mass is 308 g/mol. The molecule has 0 N–H and O–H groups in total. The number of furan rings is 1. The summed E-state index contributed by atoms with van der Waals surface area (Å²) in [6, 6.07) is 12.0. The molecule has 3 heteroatoms. The second kappa shape index (κ2) is 6.21. The molecule has 0 spiro atoms. The molecule has 3 aromatic rings. The fourth-order valence-corrected chi connectivity index (χ4v) is 2.79. The van der Waals surface area contributed by atoms with Gasteiger partial charge in [0.2, 0.25) is 0 Å². The van der Waals surface area contributed by atoms with Gasteiger partial charge in [0.25, 0.3) is 0 Å². The van der Waals surface area contributed by atoms with Crippen LogP contribution in [0.25, 0.3) is 28.4 Å². The van der Waals surface area contributed by atoms with E-state index < -0.39 is 0 Å². The molecule has 0 fully saturated rings.